The Kier molecular flexibility index (Phi) is 6.62. The third kappa shape index (κ3) is 5.77. The van der Waals surface area contributed by atoms with Gasteiger partial charge >= 0.3 is 12.2 Å². The van der Waals surface area contributed by atoms with Crippen LogP contribution in [-0.4, -0.2) is 25.0 Å². The predicted octanol–water partition coefficient (Wildman–Crippen LogP) is 4.40. The number of nitrogens with zero attached hydrogens (tertiary/aromatic N) is 1. The summed E-state index contributed by atoms with van der Waals surface area (Å²) in [5.41, 5.74) is 1.05. The van der Waals surface area contributed by atoms with Gasteiger partial charge in [0.25, 0.3) is 0 Å². The van der Waals surface area contributed by atoms with E-state index < -0.39 is 17.8 Å². The number of nitrogens with one attached hydrogen (secondary N) is 2. The highest BCUT2D eigenvalue weighted by Crippen LogP contribution is 2.29. The van der Waals surface area contributed by atoms with Crippen molar-refractivity contribution in [1.29, 1.82) is 0 Å². The maximum atomic E-state index is 12.5. The topological polar surface area (TPSA) is 61.4 Å². The standard InChI is InChI=1S/C22H20F3N3O2/c23-22(24,25)17-8-10-18(11-9-17)27-21(30)26-14-3-4-16-6-12-19(13-7-16)28-15-2-1-5-20(28)29/h6-13H,1-2,5,14-15H2,(H2,26,27,30). The highest BCUT2D eigenvalue weighted by Gasteiger charge is 2.30. The van der Waals surface area contributed by atoms with Gasteiger partial charge in [0.05, 0.1) is 12.1 Å². The number of carbonyl (C=O) groups excluding carboxylic acids is 2. The van der Waals surface area contributed by atoms with Crippen LogP contribution in [0.5, 0.6) is 0 Å². The molecule has 3 amide bonds. The van der Waals surface area contributed by atoms with Gasteiger partial charge in [0.1, 0.15) is 0 Å². The van der Waals surface area contributed by atoms with Crippen LogP contribution in [0.15, 0.2) is 48.5 Å². The monoisotopic (exact) mass is 415 g/mol. The molecule has 2 N–H and O–H groups in total. The Hall–Kier alpha value is -3.47. The van der Waals surface area contributed by atoms with Crippen molar-refractivity contribution in [3.05, 3.63) is 59.7 Å². The number of hydrogen-bond acceptors (Lipinski definition) is 2. The van der Waals surface area contributed by atoms with Gasteiger partial charge in [-0.1, -0.05) is 11.8 Å². The first kappa shape index (κ1) is 21.2. The van der Waals surface area contributed by atoms with Crippen LogP contribution in [-0.2, 0) is 11.0 Å². The van der Waals surface area contributed by atoms with Crippen LogP contribution >= 0.6 is 0 Å². The second kappa shape index (κ2) is 9.35. The van der Waals surface area contributed by atoms with E-state index in [1.165, 1.54) is 12.1 Å². The molecule has 2 aromatic carbocycles. The second-order valence-electron chi connectivity index (χ2n) is 6.73. The number of anilines is 2. The maximum Gasteiger partial charge on any atom is 0.416 e. The molecule has 0 radical (unpaired) electrons. The average Bonchev–Trinajstić information content (AvgIpc) is 2.72. The van der Waals surface area contributed by atoms with Crippen LogP contribution in [0, 0.1) is 11.8 Å². The molecule has 5 nitrogen and oxygen atoms in total. The Labute approximate surface area is 172 Å². The number of halogens is 3. The summed E-state index contributed by atoms with van der Waals surface area (Å²) in [7, 11) is 0. The fourth-order valence-corrected chi connectivity index (χ4v) is 2.99. The minimum absolute atomic E-state index is 0.0683. The molecule has 3 rings (SSSR count). The summed E-state index contributed by atoms with van der Waals surface area (Å²) in [5.74, 6) is 5.84. The third-order valence-electron chi connectivity index (χ3n) is 4.54. The normalized spacial score (nSPS) is 14.0. The smallest absolute Gasteiger partial charge is 0.327 e. The number of hydrogen-bond donors (Lipinski definition) is 2. The fourth-order valence-electron chi connectivity index (χ4n) is 2.99. The van der Waals surface area contributed by atoms with Gasteiger partial charge in [-0.3, -0.25) is 4.79 Å². The Morgan fingerprint density at radius 1 is 1.03 bits per heavy atom. The largest absolute Gasteiger partial charge is 0.416 e. The van der Waals surface area contributed by atoms with E-state index in [-0.39, 0.29) is 18.1 Å². The van der Waals surface area contributed by atoms with E-state index in [1.54, 1.807) is 4.90 Å². The molecule has 30 heavy (non-hydrogen) atoms. The number of piperidine rings is 1. The Balaban J connectivity index is 1.47. The zero-order chi connectivity index (χ0) is 21.6. The summed E-state index contributed by atoms with van der Waals surface area (Å²) in [6.07, 6.45) is -1.93. The lowest BCUT2D eigenvalue weighted by Gasteiger charge is -2.26. The molecule has 1 heterocycles. The SMILES string of the molecule is O=C(NCC#Cc1ccc(N2CCCCC2=O)cc1)Nc1ccc(C(F)(F)F)cc1. The highest BCUT2D eigenvalue weighted by molar-refractivity contribution is 5.94. The molecule has 1 aliphatic rings. The maximum absolute atomic E-state index is 12.5. The second-order valence-corrected chi connectivity index (χ2v) is 6.73. The van der Waals surface area contributed by atoms with Gasteiger partial charge in [0, 0.05) is 29.9 Å². The summed E-state index contributed by atoms with van der Waals surface area (Å²) in [4.78, 5) is 25.5. The molecule has 0 bridgehead atoms. The van der Waals surface area contributed by atoms with Crippen LogP contribution in [0.1, 0.15) is 30.4 Å². The van der Waals surface area contributed by atoms with Gasteiger partial charge in [-0.15, -0.1) is 0 Å². The zero-order valence-corrected chi connectivity index (χ0v) is 16.1. The lowest BCUT2D eigenvalue weighted by Crippen LogP contribution is -2.35. The molecule has 1 fully saturated rings. The van der Waals surface area contributed by atoms with Gasteiger partial charge in [0.2, 0.25) is 5.91 Å². The molecule has 0 saturated carbocycles. The van der Waals surface area contributed by atoms with Crippen molar-refractivity contribution in [3.8, 4) is 11.8 Å². The fraction of sp³-hybridized carbons (Fsp3) is 0.273. The summed E-state index contributed by atoms with van der Waals surface area (Å²) in [5, 5.41) is 4.96. The molecule has 8 heteroatoms. The zero-order valence-electron chi connectivity index (χ0n) is 16.1. The van der Waals surface area contributed by atoms with Crippen LogP contribution in [0.2, 0.25) is 0 Å². The van der Waals surface area contributed by atoms with Crippen LogP contribution in [0.3, 0.4) is 0 Å². The summed E-state index contributed by atoms with van der Waals surface area (Å²) in [6.45, 7) is 0.792. The van der Waals surface area contributed by atoms with Gasteiger partial charge in [-0.05, 0) is 61.4 Å². The Morgan fingerprint density at radius 2 is 1.73 bits per heavy atom. The minimum atomic E-state index is -4.42. The van der Waals surface area contributed by atoms with E-state index in [0.29, 0.717) is 6.42 Å². The van der Waals surface area contributed by atoms with E-state index in [1.807, 2.05) is 24.3 Å². The van der Waals surface area contributed by atoms with Crippen molar-refractivity contribution in [3.63, 3.8) is 0 Å². The first-order valence-electron chi connectivity index (χ1n) is 9.44. The number of carbonyl (C=O) groups is 2. The van der Waals surface area contributed by atoms with Crippen molar-refractivity contribution >= 4 is 23.3 Å². The molecule has 0 spiro atoms. The molecule has 0 unspecified atom stereocenters. The minimum Gasteiger partial charge on any atom is -0.327 e. The van der Waals surface area contributed by atoms with E-state index in [9.17, 15) is 22.8 Å². The van der Waals surface area contributed by atoms with E-state index >= 15 is 0 Å². The van der Waals surface area contributed by atoms with Crippen molar-refractivity contribution in [2.24, 2.45) is 0 Å². The summed E-state index contributed by atoms with van der Waals surface area (Å²) >= 11 is 0. The van der Waals surface area contributed by atoms with Gasteiger partial charge < -0.3 is 15.5 Å². The third-order valence-corrected chi connectivity index (χ3v) is 4.54. The Bertz CT molecular complexity index is 958. The predicted molar refractivity (Wildman–Crippen MR) is 108 cm³/mol. The van der Waals surface area contributed by atoms with Crippen molar-refractivity contribution in [2.45, 2.75) is 25.4 Å². The van der Waals surface area contributed by atoms with Crippen molar-refractivity contribution in [1.82, 2.24) is 5.32 Å². The van der Waals surface area contributed by atoms with Crippen LogP contribution in [0.4, 0.5) is 29.3 Å². The lowest BCUT2D eigenvalue weighted by molar-refractivity contribution is -0.137. The van der Waals surface area contributed by atoms with Gasteiger partial charge in [-0.25, -0.2) is 4.79 Å². The van der Waals surface area contributed by atoms with Crippen molar-refractivity contribution < 1.29 is 22.8 Å². The van der Waals surface area contributed by atoms with E-state index in [4.69, 9.17) is 0 Å². The first-order valence-corrected chi connectivity index (χ1v) is 9.44. The molecule has 1 saturated heterocycles. The number of benzene rings is 2. The molecular formula is C22H20F3N3O2. The van der Waals surface area contributed by atoms with Crippen LogP contribution in [0.25, 0.3) is 0 Å². The molecule has 0 aliphatic carbocycles. The molecule has 0 atom stereocenters. The summed E-state index contributed by atoms with van der Waals surface area (Å²) in [6, 6.07) is 10.9. The molecule has 0 aromatic heterocycles. The summed E-state index contributed by atoms with van der Waals surface area (Å²) < 4.78 is 37.6. The first-order chi connectivity index (χ1) is 14.3. The van der Waals surface area contributed by atoms with Gasteiger partial charge in [0.15, 0.2) is 0 Å². The molecule has 2 aromatic rings. The van der Waals surface area contributed by atoms with Crippen molar-refractivity contribution in [2.75, 3.05) is 23.3 Å². The molecular weight excluding hydrogens is 395 g/mol. The Morgan fingerprint density at radius 3 is 2.37 bits per heavy atom. The van der Waals surface area contributed by atoms with Gasteiger partial charge in [-0.2, -0.15) is 13.2 Å². The lowest BCUT2D eigenvalue weighted by atomic mass is 10.1. The molecule has 1 aliphatic heterocycles. The number of rotatable bonds is 3. The highest BCUT2D eigenvalue weighted by atomic mass is 19.4. The van der Waals surface area contributed by atoms with Crippen LogP contribution < -0.4 is 15.5 Å². The van der Waals surface area contributed by atoms with E-state index in [2.05, 4.69) is 22.5 Å². The number of alkyl halides is 3. The quantitative estimate of drug-likeness (QED) is 0.731. The average molecular weight is 415 g/mol. The number of amides is 3. The molecule has 156 valence electrons. The number of urea groups is 1. The van der Waals surface area contributed by atoms with E-state index in [0.717, 1.165) is 42.8 Å².